The molecule has 1 aromatic rings. The molecule has 0 heterocycles. The lowest BCUT2D eigenvalue weighted by Gasteiger charge is -2.03. The number of aryl methyl sites for hydroxylation is 1. The zero-order valence-corrected chi connectivity index (χ0v) is 15.8. The molecule has 2 N–H and O–H groups in total. The second-order valence-corrected chi connectivity index (χ2v) is 6.32. The number of unbranched alkanes of at least 4 members (excludes halogenated alkanes) is 7. The first kappa shape index (κ1) is 20.7. The second-order valence-electron chi connectivity index (χ2n) is 5.76. The van der Waals surface area contributed by atoms with Crippen LogP contribution >= 0.6 is 15.9 Å². The third-order valence-corrected chi connectivity index (χ3v) is 4.52. The fourth-order valence-corrected chi connectivity index (χ4v) is 2.84. The predicted molar refractivity (Wildman–Crippen MR) is 100 cm³/mol. The van der Waals surface area contributed by atoms with Gasteiger partial charge in [-0.3, -0.25) is 0 Å². The minimum atomic E-state index is 0.870. The van der Waals surface area contributed by atoms with E-state index in [9.17, 15) is 0 Å². The van der Waals surface area contributed by atoms with E-state index in [2.05, 4.69) is 54.9 Å². The topological polar surface area (TPSA) is 26.0 Å². The van der Waals surface area contributed by atoms with Crippen LogP contribution in [0.2, 0.25) is 0 Å². The minimum absolute atomic E-state index is 0.870. The quantitative estimate of drug-likeness (QED) is 0.409. The first-order chi connectivity index (χ1) is 10.2. The van der Waals surface area contributed by atoms with Crippen molar-refractivity contribution >= 4 is 15.9 Å². The Morgan fingerprint density at radius 3 is 1.95 bits per heavy atom. The third-order valence-electron chi connectivity index (χ3n) is 3.92. The predicted octanol–water partition coefficient (Wildman–Crippen LogP) is 6.28. The van der Waals surface area contributed by atoms with Crippen molar-refractivity contribution in [3.63, 3.8) is 0 Å². The highest BCUT2D eigenvalue weighted by molar-refractivity contribution is 9.08. The summed E-state index contributed by atoms with van der Waals surface area (Å²) in [5.41, 5.74) is 9.55. The number of rotatable bonds is 9. The fraction of sp³-hybridized carbons (Fsp3) is 0.684. The summed E-state index contributed by atoms with van der Waals surface area (Å²) in [7, 11) is 0. The van der Waals surface area contributed by atoms with Gasteiger partial charge in [-0.05, 0) is 43.5 Å². The molecule has 0 saturated carbocycles. The summed E-state index contributed by atoms with van der Waals surface area (Å²) in [6, 6.07) is 6.39. The molecule has 1 aromatic carbocycles. The lowest BCUT2D eigenvalue weighted by atomic mass is 10.1. The Kier molecular flexibility index (Phi) is 14.4. The Morgan fingerprint density at radius 2 is 1.48 bits per heavy atom. The molecule has 0 atom stereocenters. The van der Waals surface area contributed by atoms with E-state index < -0.39 is 0 Å². The lowest BCUT2D eigenvalue weighted by Crippen LogP contribution is -1.97. The van der Waals surface area contributed by atoms with Crippen molar-refractivity contribution < 1.29 is 0 Å². The smallest absolute Gasteiger partial charge is 0.0285 e. The summed E-state index contributed by atoms with van der Waals surface area (Å²) in [6.07, 6.45) is 11.0. The van der Waals surface area contributed by atoms with Crippen LogP contribution in [0.25, 0.3) is 0 Å². The van der Waals surface area contributed by atoms with Gasteiger partial charge < -0.3 is 5.73 Å². The monoisotopic (exact) mass is 355 g/mol. The molecule has 2 heteroatoms. The summed E-state index contributed by atoms with van der Waals surface area (Å²) >= 11 is 3.44. The summed E-state index contributed by atoms with van der Waals surface area (Å²) in [5.74, 6) is 0. The molecule has 0 amide bonds. The highest BCUT2D eigenvalue weighted by Gasteiger charge is 1.96. The molecule has 0 fully saturated rings. The second kappa shape index (κ2) is 14.6. The first-order valence-electron chi connectivity index (χ1n) is 8.48. The Labute approximate surface area is 140 Å². The van der Waals surface area contributed by atoms with E-state index in [1.54, 1.807) is 0 Å². The Balaban J connectivity index is 0.000000382. The van der Waals surface area contributed by atoms with Crippen LogP contribution in [0.3, 0.4) is 0 Å². The summed E-state index contributed by atoms with van der Waals surface area (Å²) in [5, 5.41) is 0.959. The largest absolute Gasteiger partial charge is 0.330 e. The molecule has 0 aromatic heterocycles. The molecule has 1 nitrogen and oxygen atoms in total. The van der Waals surface area contributed by atoms with Crippen molar-refractivity contribution in [2.75, 3.05) is 6.54 Å². The number of hydrogen-bond donors (Lipinski definition) is 1. The van der Waals surface area contributed by atoms with Crippen LogP contribution in [0, 0.1) is 13.8 Å². The maximum absolute atomic E-state index is 5.39. The van der Waals surface area contributed by atoms with Gasteiger partial charge in [0, 0.05) is 5.33 Å². The molecule has 1 rings (SSSR count). The van der Waals surface area contributed by atoms with Gasteiger partial charge >= 0.3 is 0 Å². The first-order valence-corrected chi connectivity index (χ1v) is 9.60. The van der Waals surface area contributed by atoms with Crippen LogP contribution < -0.4 is 5.73 Å². The lowest BCUT2D eigenvalue weighted by molar-refractivity contribution is 0.578. The molecule has 0 saturated heterocycles. The zero-order valence-electron chi connectivity index (χ0n) is 14.3. The summed E-state index contributed by atoms with van der Waals surface area (Å²) < 4.78 is 0. The molecule has 0 bridgehead atoms. The zero-order chi connectivity index (χ0) is 15.9. The van der Waals surface area contributed by atoms with Crippen molar-refractivity contribution in [1.82, 2.24) is 0 Å². The molecule has 0 spiro atoms. The van der Waals surface area contributed by atoms with Crippen LogP contribution in [-0.2, 0) is 5.33 Å². The fourth-order valence-electron chi connectivity index (χ4n) is 2.23. The normalized spacial score (nSPS) is 10.1. The van der Waals surface area contributed by atoms with E-state index in [4.69, 9.17) is 5.73 Å². The minimum Gasteiger partial charge on any atom is -0.330 e. The van der Waals surface area contributed by atoms with Crippen molar-refractivity contribution in [3.8, 4) is 0 Å². The number of halogens is 1. The van der Waals surface area contributed by atoms with E-state index in [1.165, 1.54) is 68.1 Å². The molecule has 0 unspecified atom stereocenters. The van der Waals surface area contributed by atoms with Crippen molar-refractivity contribution in [3.05, 3.63) is 34.9 Å². The van der Waals surface area contributed by atoms with Crippen LogP contribution in [0.15, 0.2) is 18.2 Å². The van der Waals surface area contributed by atoms with Gasteiger partial charge in [0.25, 0.3) is 0 Å². The van der Waals surface area contributed by atoms with Gasteiger partial charge in [-0.25, -0.2) is 0 Å². The van der Waals surface area contributed by atoms with Gasteiger partial charge in [0.05, 0.1) is 0 Å². The summed E-state index contributed by atoms with van der Waals surface area (Å²) in [6.45, 7) is 7.43. The Bertz CT molecular complexity index is 341. The molecular formula is C19H34BrN. The van der Waals surface area contributed by atoms with E-state index >= 15 is 0 Å². The SMILES string of the molecule is CCCCCCCCCCN.Cc1cccc(CBr)c1C. The van der Waals surface area contributed by atoms with E-state index in [-0.39, 0.29) is 0 Å². The van der Waals surface area contributed by atoms with Crippen molar-refractivity contribution in [1.29, 1.82) is 0 Å². The van der Waals surface area contributed by atoms with Gasteiger partial charge in [-0.2, -0.15) is 0 Å². The molecular weight excluding hydrogens is 322 g/mol. The molecule has 0 aliphatic carbocycles. The van der Waals surface area contributed by atoms with Gasteiger partial charge in [-0.15, -0.1) is 0 Å². The number of alkyl halides is 1. The van der Waals surface area contributed by atoms with Gasteiger partial charge in [0.15, 0.2) is 0 Å². The molecule has 0 radical (unpaired) electrons. The highest BCUT2D eigenvalue weighted by atomic mass is 79.9. The number of nitrogens with two attached hydrogens (primary N) is 1. The average molecular weight is 356 g/mol. The number of benzene rings is 1. The third kappa shape index (κ3) is 11.0. The van der Waals surface area contributed by atoms with Crippen LogP contribution in [-0.4, -0.2) is 6.54 Å². The van der Waals surface area contributed by atoms with Crippen molar-refractivity contribution in [2.24, 2.45) is 5.73 Å². The van der Waals surface area contributed by atoms with Crippen LogP contribution in [0.4, 0.5) is 0 Å². The van der Waals surface area contributed by atoms with E-state index in [0.717, 1.165) is 11.9 Å². The van der Waals surface area contributed by atoms with E-state index in [1.807, 2.05) is 0 Å². The Morgan fingerprint density at radius 1 is 0.905 bits per heavy atom. The molecule has 0 aliphatic heterocycles. The summed E-state index contributed by atoms with van der Waals surface area (Å²) in [4.78, 5) is 0. The van der Waals surface area contributed by atoms with E-state index in [0.29, 0.717) is 0 Å². The van der Waals surface area contributed by atoms with Crippen LogP contribution in [0.1, 0.15) is 75.0 Å². The Hall–Kier alpha value is -0.340. The molecule has 122 valence electrons. The maximum Gasteiger partial charge on any atom is 0.0285 e. The standard InChI is InChI=1S/C10H23N.C9H11Br/c1-2-3-4-5-6-7-8-9-10-11;1-7-4-3-5-9(6-10)8(7)2/h2-11H2,1H3;3-5H,6H2,1-2H3. The average Bonchev–Trinajstić information content (AvgIpc) is 2.50. The van der Waals surface area contributed by atoms with Crippen LogP contribution in [0.5, 0.6) is 0 Å². The van der Waals surface area contributed by atoms with Gasteiger partial charge in [0.2, 0.25) is 0 Å². The number of hydrogen-bond acceptors (Lipinski definition) is 1. The van der Waals surface area contributed by atoms with Crippen molar-refractivity contribution in [2.45, 2.75) is 77.5 Å². The molecule has 0 aliphatic rings. The molecule has 21 heavy (non-hydrogen) atoms. The van der Waals surface area contributed by atoms with Gasteiger partial charge in [0.1, 0.15) is 0 Å². The maximum atomic E-state index is 5.39. The highest BCUT2D eigenvalue weighted by Crippen LogP contribution is 2.14. The van der Waals surface area contributed by atoms with Gasteiger partial charge in [-0.1, -0.05) is 86.0 Å².